The fraction of sp³-hybridized carbons (Fsp3) is 0.261. The van der Waals surface area contributed by atoms with Crippen LogP contribution in [0, 0.1) is 5.92 Å². The Morgan fingerprint density at radius 2 is 1.83 bits per heavy atom. The van der Waals surface area contributed by atoms with E-state index < -0.39 is 0 Å². The van der Waals surface area contributed by atoms with Gasteiger partial charge in [-0.3, -0.25) is 14.4 Å². The van der Waals surface area contributed by atoms with Crippen molar-refractivity contribution in [3.05, 3.63) is 70.5 Å². The minimum Gasteiger partial charge on any atom is -0.361 e. The number of nitrogens with zero attached hydrogens (tertiary/aromatic N) is 1. The van der Waals surface area contributed by atoms with Gasteiger partial charge in [-0.1, -0.05) is 18.2 Å². The first-order chi connectivity index (χ1) is 14.1. The van der Waals surface area contributed by atoms with Crippen LogP contribution in [-0.2, 0) is 4.79 Å². The summed E-state index contributed by atoms with van der Waals surface area (Å²) in [5.41, 5.74) is 3.11. The summed E-state index contributed by atoms with van der Waals surface area (Å²) in [5, 5.41) is 3.63. The van der Waals surface area contributed by atoms with E-state index in [0.29, 0.717) is 24.0 Å². The van der Waals surface area contributed by atoms with Crippen molar-refractivity contribution in [2.45, 2.75) is 18.9 Å². The van der Waals surface area contributed by atoms with Gasteiger partial charge in [0.05, 0.1) is 5.92 Å². The summed E-state index contributed by atoms with van der Waals surface area (Å²) in [7, 11) is 0. The summed E-state index contributed by atoms with van der Waals surface area (Å²) in [5.74, 6) is -0.112. The van der Waals surface area contributed by atoms with Crippen LogP contribution in [0.1, 0.15) is 23.2 Å². The molecule has 3 aliphatic heterocycles. The molecule has 2 amide bonds. The molecule has 6 heteroatoms. The zero-order valence-electron chi connectivity index (χ0n) is 15.9. The molecule has 3 saturated heterocycles. The Balaban J connectivity index is 1.47. The van der Waals surface area contributed by atoms with Gasteiger partial charge < -0.3 is 15.2 Å². The van der Waals surface area contributed by atoms with Crippen molar-refractivity contribution in [1.82, 2.24) is 15.2 Å². The number of hydrogen-bond acceptors (Lipinski definition) is 3. The fourth-order valence-electron chi connectivity index (χ4n) is 4.37. The van der Waals surface area contributed by atoms with E-state index in [0.717, 1.165) is 29.5 Å². The zero-order chi connectivity index (χ0) is 20.0. The van der Waals surface area contributed by atoms with Crippen LogP contribution in [0.5, 0.6) is 0 Å². The monoisotopic (exact) mass is 387 g/mol. The van der Waals surface area contributed by atoms with Crippen LogP contribution in [0.15, 0.2) is 59.5 Å². The molecule has 3 aromatic rings. The standard InChI is InChI=1S/C23H21N3O3/c27-21-8-9-24-20-7-5-15(11-19(20)21)14-2-1-3-16(10-14)23(29)26-12-17-4-6-18(13-26)25-22(17)28/h1-3,5,7-11,17-18H,4,6,12-13H2,(H,24,27)(H,25,28)/t17-,18+/m1/s1. The Hall–Kier alpha value is -3.41. The number of fused-ring (bicyclic) bond motifs is 5. The number of amides is 2. The predicted molar refractivity (Wildman–Crippen MR) is 111 cm³/mol. The number of carbonyl (C=O) groups is 2. The van der Waals surface area contributed by atoms with E-state index in [2.05, 4.69) is 10.3 Å². The Labute approximate surface area is 167 Å². The number of piperidine rings is 1. The van der Waals surface area contributed by atoms with Gasteiger partial charge in [0.1, 0.15) is 0 Å². The number of rotatable bonds is 2. The average Bonchev–Trinajstić information content (AvgIpc) is 3.05. The molecule has 29 heavy (non-hydrogen) atoms. The van der Waals surface area contributed by atoms with Gasteiger partial charge in [0.15, 0.2) is 5.43 Å². The first kappa shape index (κ1) is 17.7. The highest BCUT2D eigenvalue weighted by molar-refractivity contribution is 5.96. The summed E-state index contributed by atoms with van der Waals surface area (Å²) in [6, 6.07) is 14.7. The highest BCUT2D eigenvalue weighted by Gasteiger charge is 2.36. The van der Waals surface area contributed by atoms with E-state index in [-0.39, 0.29) is 29.2 Å². The van der Waals surface area contributed by atoms with Gasteiger partial charge in [-0.05, 0) is 48.2 Å². The number of aromatic nitrogens is 1. The summed E-state index contributed by atoms with van der Waals surface area (Å²) in [4.78, 5) is 42.3. The van der Waals surface area contributed by atoms with Crippen LogP contribution >= 0.6 is 0 Å². The van der Waals surface area contributed by atoms with Gasteiger partial charge >= 0.3 is 0 Å². The molecule has 2 N–H and O–H groups in total. The maximum Gasteiger partial charge on any atom is 0.253 e. The van der Waals surface area contributed by atoms with Crippen molar-refractivity contribution in [1.29, 1.82) is 0 Å². The molecule has 0 aliphatic carbocycles. The van der Waals surface area contributed by atoms with Crippen LogP contribution in [0.2, 0.25) is 0 Å². The maximum absolute atomic E-state index is 13.2. The number of carbonyl (C=O) groups excluding carboxylic acids is 2. The lowest BCUT2D eigenvalue weighted by Crippen LogP contribution is -2.43. The molecule has 3 fully saturated rings. The molecule has 0 saturated carbocycles. The summed E-state index contributed by atoms with van der Waals surface area (Å²) >= 11 is 0. The number of H-pyrrole nitrogens is 1. The van der Waals surface area contributed by atoms with E-state index in [1.54, 1.807) is 11.1 Å². The second-order valence-corrected chi connectivity index (χ2v) is 7.87. The number of nitrogens with one attached hydrogen (secondary N) is 2. The van der Waals surface area contributed by atoms with Gasteiger partial charge in [-0.15, -0.1) is 0 Å². The third-order valence-corrected chi connectivity index (χ3v) is 5.95. The Bertz CT molecular complexity index is 1180. The zero-order valence-corrected chi connectivity index (χ0v) is 15.9. The topological polar surface area (TPSA) is 82.3 Å². The molecule has 4 heterocycles. The van der Waals surface area contributed by atoms with E-state index in [1.165, 1.54) is 6.07 Å². The molecule has 0 radical (unpaired) electrons. The van der Waals surface area contributed by atoms with Crippen molar-refractivity contribution in [2.24, 2.45) is 5.92 Å². The van der Waals surface area contributed by atoms with E-state index in [4.69, 9.17) is 0 Å². The molecule has 2 bridgehead atoms. The fourth-order valence-corrected chi connectivity index (χ4v) is 4.37. The molecule has 3 aliphatic rings. The van der Waals surface area contributed by atoms with Crippen molar-refractivity contribution in [3.63, 3.8) is 0 Å². The van der Waals surface area contributed by atoms with Crippen molar-refractivity contribution >= 4 is 22.7 Å². The third kappa shape index (κ3) is 3.20. The SMILES string of the molecule is O=C1N[C@H]2CC[C@@H]1CN(C(=O)c1cccc(-c3ccc4[nH]ccc(=O)c4c3)c1)C2. The molecule has 2 atom stereocenters. The smallest absolute Gasteiger partial charge is 0.253 e. The highest BCUT2D eigenvalue weighted by Crippen LogP contribution is 2.26. The third-order valence-electron chi connectivity index (χ3n) is 5.95. The van der Waals surface area contributed by atoms with Crippen LogP contribution in [0.4, 0.5) is 0 Å². The molecule has 0 spiro atoms. The summed E-state index contributed by atoms with van der Waals surface area (Å²) in [6.45, 7) is 1.02. The lowest BCUT2D eigenvalue weighted by Gasteiger charge is -2.23. The second kappa shape index (κ2) is 6.88. The predicted octanol–water partition coefficient (Wildman–Crippen LogP) is 2.55. The lowest BCUT2D eigenvalue weighted by molar-refractivity contribution is -0.126. The number of hydrogen-bond donors (Lipinski definition) is 2. The van der Waals surface area contributed by atoms with Crippen molar-refractivity contribution < 1.29 is 9.59 Å². The number of benzene rings is 2. The van der Waals surface area contributed by atoms with Gasteiger partial charge in [0.25, 0.3) is 5.91 Å². The minimum absolute atomic E-state index is 0.0370. The number of pyridine rings is 1. The van der Waals surface area contributed by atoms with Crippen LogP contribution < -0.4 is 10.7 Å². The Kier molecular flexibility index (Phi) is 4.19. The molecule has 0 unspecified atom stereocenters. The molecule has 2 aromatic carbocycles. The second-order valence-electron chi connectivity index (χ2n) is 7.87. The molecule has 6 nitrogen and oxygen atoms in total. The normalized spacial score (nSPS) is 21.1. The molecular formula is C23H21N3O3. The number of aromatic amines is 1. The molecular weight excluding hydrogens is 366 g/mol. The molecule has 6 rings (SSSR count). The van der Waals surface area contributed by atoms with Gasteiger partial charge in [0, 0.05) is 47.9 Å². The summed E-state index contributed by atoms with van der Waals surface area (Å²) < 4.78 is 0. The van der Waals surface area contributed by atoms with Gasteiger partial charge in [-0.2, -0.15) is 0 Å². The lowest BCUT2D eigenvalue weighted by atomic mass is 9.96. The van der Waals surface area contributed by atoms with E-state index in [1.807, 2.05) is 42.5 Å². The maximum atomic E-state index is 13.2. The Morgan fingerprint density at radius 1 is 0.966 bits per heavy atom. The van der Waals surface area contributed by atoms with Crippen molar-refractivity contribution in [3.8, 4) is 11.1 Å². The Morgan fingerprint density at radius 3 is 2.69 bits per heavy atom. The van der Waals surface area contributed by atoms with E-state index in [9.17, 15) is 14.4 Å². The first-order valence-corrected chi connectivity index (χ1v) is 9.90. The average molecular weight is 387 g/mol. The van der Waals surface area contributed by atoms with E-state index >= 15 is 0 Å². The highest BCUT2D eigenvalue weighted by atomic mass is 16.2. The van der Waals surface area contributed by atoms with Crippen LogP contribution in [0.3, 0.4) is 0 Å². The quantitative estimate of drug-likeness (QED) is 0.709. The van der Waals surface area contributed by atoms with Crippen molar-refractivity contribution in [2.75, 3.05) is 13.1 Å². The minimum atomic E-state index is -0.118. The molecule has 146 valence electrons. The van der Waals surface area contributed by atoms with Gasteiger partial charge in [0.2, 0.25) is 5.91 Å². The van der Waals surface area contributed by atoms with Gasteiger partial charge in [-0.25, -0.2) is 0 Å². The summed E-state index contributed by atoms with van der Waals surface area (Å²) in [6.07, 6.45) is 3.40. The van der Waals surface area contributed by atoms with Crippen LogP contribution in [-0.4, -0.2) is 40.8 Å². The molecule has 1 aromatic heterocycles. The first-order valence-electron chi connectivity index (χ1n) is 9.90. The largest absolute Gasteiger partial charge is 0.361 e. The van der Waals surface area contributed by atoms with Crippen LogP contribution in [0.25, 0.3) is 22.0 Å².